The molecule has 0 atom stereocenters. The van der Waals surface area contributed by atoms with Gasteiger partial charge >= 0.3 is 6.09 Å². The maximum absolute atomic E-state index is 11.6. The lowest BCUT2D eigenvalue weighted by atomic mass is 10.2. The van der Waals surface area contributed by atoms with E-state index in [1.807, 2.05) is 56.7 Å². The molecule has 0 bridgehead atoms. The number of aromatic nitrogens is 1. The van der Waals surface area contributed by atoms with Crippen LogP contribution in [0.5, 0.6) is 0 Å². The summed E-state index contributed by atoms with van der Waals surface area (Å²) < 4.78 is 5.20. The van der Waals surface area contributed by atoms with Gasteiger partial charge in [0.1, 0.15) is 5.60 Å². The Morgan fingerprint density at radius 2 is 1.90 bits per heavy atom. The molecule has 1 heterocycles. The third kappa shape index (κ3) is 5.43. The van der Waals surface area contributed by atoms with Crippen LogP contribution in [0.4, 0.5) is 16.2 Å². The summed E-state index contributed by atoms with van der Waals surface area (Å²) in [5, 5.41) is 5.99. The number of amides is 1. The smallest absolute Gasteiger partial charge is 0.412 e. The Labute approximate surface area is 128 Å². The zero-order valence-corrected chi connectivity index (χ0v) is 13.2. The van der Waals surface area contributed by atoms with Gasteiger partial charge in [-0.1, -0.05) is 0 Å². The van der Waals surface area contributed by atoms with Gasteiger partial charge in [0, 0.05) is 22.4 Å². The molecule has 0 aliphatic rings. The molecule has 0 saturated heterocycles. The minimum absolute atomic E-state index is 0.451. The number of benzene rings is 1. The predicted octanol–water partition coefficient (Wildman–Crippen LogP) is 4.10. The first-order valence-electron chi connectivity index (χ1n) is 6.64. The largest absolute Gasteiger partial charge is 0.444 e. The van der Waals surface area contributed by atoms with Gasteiger partial charge in [-0.2, -0.15) is 0 Å². The number of hydrogen-bond donors (Lipinski definition) is 2. The van der Waals surface area contributed by atoms with Crippen LogP contribution in [0, 0.1) is 0 Å². The summed E-state index contributed by atoms with van der Waals surface area (Å²) in [6.07, 6.45) is 1.39. The Bertz CT molecular complexity index is 574. The number of ether oxygens (including phenoxy) is 1. The molecule has 112 valence electrons. The summed E-state index contributed by atoms with van der Waals surface area (Å²) in [5.41, 5.74) is 3.00. The highest BCUT2D eigenvalue weighted by Crippen LogP contribution is 2.16. The van der Waals surface area contributed by atoms with Crippen LogP contribution in [0.3, 0.4) is 0 Å². The van der Waals surface area contributed by atoms with E-state index in [1.54, 1.807) is 11.3 Å². The van der Waals surface area contributed by atoms with E-state index in [9.17, 15) is 4.79 Å². The summed E-state index contributed by atoms with van der Waals surface area (Å²) >= 11 is 1.61. The average Bonchev–Trinajstić information content (AvgIpc) is 2.89. The highest BCUT2D eigenvalue weighted by Gasteiger charge is 2.15. The van der Waals surface area contributed by atoms with Crippen molar-refractivity contribution in [2.24, 2.45) is 0 Å². The number of rotatable bonds is 4. The summed E-state index contributed by atoms with van der Waals surface area (Å²) in [6.45, 7) is 6.24. The maximum Gasteiger partial charge on any atom is 0.412 e. The number of thiazole rings is 1. The van der Waals surface area contributed by atoms with E-state index >= 15 is 0 Å². The fourth-order valence-corrected chi connectivity index (χ4v) is 2.15. The average molecular weight is 305 g/mol. The predicted molar refractivity (Wildman–Crippen MR) is 85.7 cm³/mol. The number of anilines is 2. The molecular weight excluding hydrogens is 286 g/mol. The number of carbonyl (C=O) groups excluding carboxylic acids is 1. The van der Waals surface area contributed by atoms with E-state index in [4.69, 9.17) is 4.74 Å². The molecule has 2 N–H and O–H groups in total. The first kappa shape index (κ1) is 15.3. The van der Waals surface area contributed by atoms with Gasteiger partial charge in [-0.25, -0.2) is 4.79 Å². The van der Waals surface area contributed by atoms with Crippen molar-refractivity contribution in [3.05, 3.63) is 40.8 Å². The van der Waals surface area contributed by atoms with Crippen molar-refractivity contribution in [2.75, 3.05) is 10.6 Å². The second-order valence-corrected chi connectivity index (χ2v) is 6.50. The zero-order valence-electron chi connectivity index (χ0n) is 12.3. The molecule has 6 heteroatoms. The van der Waals surface area contributed by atoms with E-state index in [2.05, 4.69) is 15.6 Å². The first-order valence-corrected chi connectivity index (χ1v) is 7.52. The van der Waals surface area contributed by atoms with Gasteiger partial charge in [-0.15, -0.1) is 11.3 Å². The summed E-state index contributed by atoms with van der Waals surface area (Å²) in [6, 6.07) is 7.49. The van der Waals surface area contributed by atoms with Crippen molar-refractivity contribution in [3.8, 4) is 0 Å². The molecule has 0 saturated carbocycles. The van der Waals surface area contributed by atoms with E-state index in [0.717, 1.165) is 12.2 Å². The van der Waals surface area contributed by atoms with Gasteiger partial charge < -0.3 is 10.1 Å². The molecule has 1 aromatic heterocycles. The van der Waals surface area contributed by atoms with Gasteiger partial charge in [0.15, 0.2) is 0 Å². The zero-order chi connectivity index (χ0) is 15.3. The molecule has 0 aliphatic carbocycles. The number of nitrogens with zero attached hydrogens (tertiary/aromatic N) is 1. The molecule has 0 spiro atoms. The molecule has 2 aromatic rings. The fourth-order valence-electron chi connectivity index (χ4n) is 1.61. The second kappa shape index (κ2) is 6.58. The summed E-state index contributed by atoms with van der Waals surface area (Å²) in [7, 11) is 0. The standard InChI is InChI=1S/C15H19N3O2S/c1-15(2,3)20-14(19)18-12-6-4-11(5-7-12)17-9-13-8-16-10-21-13/h4-8,10,17H,9H2,1-3H3,(H,18,19). The summed E-state index contributed by atoms with van der Waals surface area (Å²) in [5.74, 6) is 0. The van der Waals surface area contributed by atoms with Gasteiger partial charge in [0.05, 0.1) is 12.1 Å². The van der Waals surface area contributed by atoms with Crippen LogP contribution >= 0.6 is 11.3 Å². The van der Waals surface area contributed by atoms with Crippen LogP contribution in [0.1, 0.15) is 25.6 Å². The number of hydrogen-bond acceptors (Lipinski definition) is 5. The monoisotopic (exact) mass is 305 g/mol. The van der Waals surface area contributed by atoms with Crippen LogP contribution in [0.15, 0.2) is 36.0 Å². The molecule has 0 fully saturated rings. The van der Waals surface area contributed by atoms with E-state index < -0.39 is 11.7 Å². The minimum Gasteiger partial charge on any atom is -0.444 e. The van der Waals surface area contributed by atoms with Gasteiger partial charge in [0.2, 0.25) is 0 Å². The van der Waals surface area contributed by atoms with Gasteiger partial charge in [-0.3, -0.25) is 10.3 Å². The number of carbonyl (C=O) groups is 1. The molecule has 21 heavy (non-hydrogen) atoms. The quantitative estimate of drug-likeness (QED) is 0.892. The third-order valence-electron chi connectivity index (χ3n) is 2.48. The van der Waals surface area contributed by atoms with Crippen LogP contribution in [0.2, 0.25) is 0 Å². The lowest BCUT2D eigenvalue weighted by Gasteiger charge is -2.19. The van der Waals surface area contributed by atoms with E-state index in [-0.39, 0.29) is 0 Å². The van der Waals surface area contributed by atoms with Gasteiger partial charge in [-0.05, 0) is 45.0 Å². The van der Waals surface area contributed by atoms with E-state index in [0.29, 0.717) is 5.69 Å². The molecule has 0 radical (unpaired) electrons. The van der Waals surface area contributed by atoms with Crippen molar-refractivity contribution < 1.29 is 9.53 Å². The Morgan fingerprint density at radius 3 is 2.48 bits per heavy atom. The van der Waals surface area contributed by atoms with E-state index in [1.165, 1.54) is 4.88 Å². The van der Waals surface area contributed by atoms with Crippen molar-refractivity contribution in [1.82, 2.24) is 4.98 Å². The lowest BCUT2D eigenvalue weighted by Crippen LogP contribution is -2.27. The van der Waals surface area contributed by atoms with Gasteiger partial charge in [0.25, 0.3) is 0 Å². The number of nitrogens with one attached hydrogen (secondary N) is 2. The Morgan fingerprint density at radius 1 is 1.24 bits per heavy atom. The van der Waals surface area contributed by atoms with Crippen LogP contribution in [-0.4, -0.2) is 16.7 Å². The topological polar surface area (TPSA) is 63.2 Å². The molecule has 1 aromatic carbocycles. The first-order chi connectivity index (χ1) is 9.92. The fraction of sp³-hybridized carbons (Fsp3) is 0.333. The van der Waals surface area contributed by atoms with Crippen molar-refractivity contribution in [1.29, 1.82) is 0 Å². The summed E-state index contributed by atoms with van der Waals surface area (Å²) in [4.78, 5) is 16.8. The highest BCUT2D eigenvalue weighted by molar-refractivity contribution is 7.09. The third-order valence-corrected chi connectivity index (χ3v) is 3.26. The van der Waals surface area contributed by atoms with Crippen LogP contribution in [0.25, 0.3) is 0 Å². The Kier molecular flexibility index (Phi) is 4.80. The Balaban J connectivity index is 1.85. The normalized spacial score (nSPS) is 11.0. The van der Waals surface area contributed by atoms with Crippen LogP contribution in [-0.2, 0) is 11.3 Å². The van der Waals surface area contributed by atoms with Crippen LogP contribution < -0.4 is 10.6 Å². The second-order valence-electron chi connectivity index (χ2n) is 5.53. The SMILES string of the molecule is CC(C)(C)OC(=O)Nc1ccc(NCc2cncs2)cc1. The highest BCUT2D eigenvalue weighted by atomic mass is 32.1. The van der Waals surface area contributed by atoms with Crippen molar-refractivity contribution in [3.63, 3.8) is 0 Å². The minimum atomic E-state index is -0.500. The maximum atomic E-state index is 11.6. The molecular formula is C15H19N3O2S. The molecule has 2 rings (SSSR count). The Hall–Kier alpha value is -2.08. The molecule has 5 nitrogen and oxygen atoms in total. The lowest BCUT2D eigenvalue weighted by molar-refractivity contribution is 0.0636. The van der Waals surface area contributed by atoms with Crippen molar-refractivity contribution >= 4 is 28.8 Å². The van der Waals surface area contributed by atoms with Crippen molar-refractivity contribution in [2.45, 2.75) is 32.9 Å². The molecule has 0 aliphatic heterocycles. The molecule has 0 unspecified atom stereocenters. The molecule has 1 amide bonds.